The van der Waals surface area contributed by atoms with Crippen LogP contribution >= 0.6 is 0 Å². The molecule has 0 saturated carbocycles. The van der Waals surface area contributed by atoms with E-state index in [-0.39, 0.29) is 12.4 Å². The maximum absolute atomic E-state index is 2.20. The highest BCUT2D eigenvalue weighted by Gasteiger charge is 2.07. The minimum atomic E-state index is 0. The van der Waals surface area contributed by atoms with E-state index in [0.717, 1.165) is 0 Å². The van der Waals surface area contributed by atoms with Crippen LogP contribution in [0.1, 0.15) is 19.2 Å². The van der Waals surface area contributed by atoms with Crippen LogP contribution in [0, 0.1) is 0 Å². The van der Waals surface area contributed by atoms with Crippen LogP contribution in [0.2, 0.25) is 0 Å². The van der Waals surface area contributed by atoms with Gasteiger partial charge in [0, 0.05) is 6.42 Å². The molecule has 2 nitrogen and oxygen atoms in total. The average molecular weight is 175 g/mol. The van der Waals surface area contributed by atoms with Crippen molar-refractivity contribution in [3.05, 3.63) is 18.2 Å². The second-order valence-electron chi connectivity index (χ2n) is 2.69. The third kappa shape index (κ3) is 2.22. The first-order valence-electron chi connectivity index (χ1n) is 3.75. The average Bonchev–Trinajstić information content (AvgIpc) is 2.20. The monoisotopic (exact) mass is 174 g/mol. The van der Waals surface area contributed by atoms with E-state index in [1.807, 2.05) is 0 Å². The van der Waals surface area contributed by atoms with Crippen molar-refractivity contribution in [1.29, 1.82) is 0 Å². The van der Waals surface area contributed by atoms with Crippen molar-refractivity contribution in [2.24, 2.45) is 14.1 Å². The highest BCUT2D eigenvalue weighted by Crippen LogP contribution is 1.94. The summed E-state index contributed by atoms with van der Waals surface area (Å²) in [5.74, 6) is 1.39. The summed E-state index contributed by atoms with van der Waals surface area (Å²) in [6.07, 6.45) is 6.56. The molecule has 0 aliphatic rings. The van der Waals surface area contributed by atoms with Gasteiger partial charge in [0.2, 0.25) is 0 Å². The number of aromatic nitrogens is 2. The maximum atomic E-state index is 2.20. The zero-order valence-electron chi connectivity index (χ0n) is 7.34. The van der Waals surface area contributed by atoms with E-state index in [1.54, 1.807) is 0 Å². The van der Waals surface area contributed by atoms with Crippen molar-refractivity contribution in [3.8, 4) is 0 Å². The molecule has 1 heterocycles. The molecule has 0 saturated heterocycles. The van der Waals surface area contributed by atoms with Gasteiger partial charge >= 0.3 is 0 Å². The molecule has 3 heteroatoms. The van der Waals surface area contributed by atoms with Gasteiger partial charge in [0.05, 0.1) is 14.1 Å². The molecular formula is C8H15ClN2. The Balaban J connectivity index is 0.000001000. The number of hydrogen-bond acceptors (Lipinski definition) is 0. The first-order chi connectivity index (χ1) is 4.75. The second-order valence-corrected chi connectivity index (χ2v) is 2.69. The molecule has 0 aromatic carbocycles. The number of nitrogens with zero attached hydrogens (tertiary/aromatic N) is 2. The van der Waals surface area contributed by atoms with Gasteiger partial charge in [0.1, 0.15) is 12.4 Å². The van der Waals surface area contributed by atoms with Gasteiger partial charge in [-0.05, 0) is 6.42 Å². The standard InChI is InChI=1S/C8H15N2.ClH/c1-4-5-8-9(2)6-7-10(8)3;/h6-7H,4-5H2,1-3H3;1H/q+1;/p-1. The number of imidazole rings is 1. The van der Waals surface area contributed by atoms with Crippen molar-refractivity contribution >= 4 is 0 Å². The van der Waals surface area contributed by atoms with E-state index in [9.17, 15) is 0 Å². The Labute approximate surface area is 74.3 Å². The van der Waals surface area contributed by atoms with Crippen LogP contribution in [-0.2, 0) is 20.5 Å². The van der Waals surface area contributed by atoms with Crippen molar-refractivity contribution < 1.29 is 17.0 Å². The number of hydrogen-bond donors (Lipinski definition) is 0. The molecule has 0 radical (unpaired) electrons. The molecule has 0 bridgehead atoms. The maximum Gasteiger partial charge on any atom is 0.255 e. The van der Waals surface area contributed by atoms with E-state index in [1.165, 1.54) is 18.7 Å². The van der Waals surface area contributed by atoms with Gasteiger partial charge in [-0.3, -0.25) is 0 Å². The summed E-state index contributed by atoms with van der Waals surface area (Å²) in [6.45, 7) is 2.20. The highest BCUT2D eigenvalue weighted by atomic mass is 35.5. The smallest absolute Gasteiger partial charge is 0.255 e. The zero-order chi connectivity index (χ0) is 7.56. The molecule has 0 N–H and O–H groups in total. The lowest BCUT2D eigenvalue weighted by molar-refractivity contribution is -0.678. The number of rotatable bonds is 2. The Morgan fingerprint density at radius 2 is 2.18 bits per heavy atom. The van der Waals surface area contributed by atoms with Crippen molar-refractivity contribution in [1.82, 2.24) is 4.57 Å². The van der Waals surface area contributed by atoms with E-state index in [0.29, 0.717) is 0 Å². The summed E-state index contributed by atoms with van der Waals surface area (Å²) < 4.78 is 4.34. The van der Waals surface area contributed by atoms with Crippen molar-refractivity contribution in [2.45, 2.75) is 19.8 Å². The van der Waals surface area contributed by atoms with E-state index >= 15 is 0 Å². The van der Waals surface area contributed by atoms with E-state index < -0.39 is 0 Å². The van der Waals surface area contributed by atoms with Gasteiger partial charge in [-0.2, -0.15) is 0 Å². The Bertz CT molecular complexity index is 198. The third-order valence-electron chi connectivity index (χ3n) is 1.80. The lowest BCUT2D eigenvalue weighted by Gasteiger charge is -1.93. The quantitative estimate of drug-likeness (QED) is 0.451. The summed E-state index contributed by atoms with van der Waals surface area (Å²) in [6, 6.07) is 0. The predicted octanol–water partition coefficient (Wildman–Crippen LogP) is -2.19. The summed E-state index contributed by atoms with van der Waals surface area (Å²) >= 11 is 0. The lowest BCUT2D eigenvalue weighted by atomic mass is 10.3. The van der Waals surface area contributed by atoms with Gasteiger partial charge in [-0.15, -0.1) is 0 Å². The molecule has 0 atom stereocenters. The molecule has 1 aromatic heterocycles. The van der Waals surface area contributed by atoms with E-state index in [4.69, 9.17) is 0 Å². The normalized spacial score (nSPS) is 9.36. The third-order valence-corrected chi connectivity index (χ3v) is 1.80. The fourth-order valence-electron chi connectivity index (χ4n) is 1.20. The summed E-state index contributed by atoms with van der Waals surface area (Å²) in [5.41, 5.74) is 0. The van der Waals surface area contributed by atoms with Crippen LogP contribution < -0.4 is 17.0 Å². The molecule has 1 rings (SSSR count). The molecule has 0 unspecified atom stereocenters. The molecule has 64 valence electrons. The van der Waals surface area contributed by atoms with Crippen LogP contribution in [0.3, 0.4) is 0 Å². The Morgan fingerprint density at radius 3 is 2.55 bits per heavy atom. The van der Waals surface area contributed by atoms with Gasteiger partial charge in [0.15, 0.2) is 0 Å². The minimum absolute atomic E-state index is 0. The molecular weight excluding hydrogens is 160 g/mol. The number of aryl methyl sites for hydroxylation is 2. The topological polar surface area (TPSA) is 8.81 Å². The van der Waals surface area contributed by atoms with Crippen LogP contribution in [-0.4, -0.2) is 4.57 Å². The Morgan fingerprint density at radius 1 is 1.55 bits per heavy atom. The molecule has 11 heavy (non-hydrogen) atoms. The molecule has 0 spiro atoms. The molecule has 0 aliphatic heterocycles. The fraction of sp³-hybridized carbons (Fsp3) is 0.625. The lowest BCUT2D eigenvalue weighted by Crippen LogP contribution is -3.00. The highest BCUT2D eigenvalue weighted by molar-refractivity contribution is 4.81. The summed E-state index contributed by atoms with van der Waals surface area (Å²) in [7, 11) is 4.18. The number of halogens is 1. The molecule has 0 amide bonds. The minimum Gasteiger partial charge on any atom is -1.00 e. The zero-order valence-corrected chi connectivity index (χ0v) is 8.10. The second kappa shape index (κ2) is 4.39. The van der Waals surface area contributed by atoms with Crippen LogP contribution in [0.4, 0.5) is 0 Å². The summed E-state index contributed by atoms with van der Waals surface area (Å²) in [5, 5.41) is 0. The largest absolute Gasteiger partial charge is 1.00 e. The molecule has 1 aromatic rings. The van der Waals surface area contributed by atoms with Gasteiger partial charge in [-0.25, -0.2) is 9.13 Å². The summed E-state index contributed by atoms with van der Waals surface area (Å²) in [4.78, 5) is 0. The first-order valence-corrected chi connectivity index (χ1v) is 3.75. The van der Waals surface area contributed by atoms with Crippen LogP contribution in [0.25, 0.3) is 0 Å². The Hall–Kier alpha value is -0.500. The van der Waals surface area contributed by atoms with E-state index in [2.05, 4.69) is 42.5 Å². The van der Waals surface area contributed by atoms with Gasteiger partial charge in [0.25, 0.3) is 5.82 Å². The van der Waals surface area contributed by atoms with Crippen LogP contribution in [0.15, 0.2) is 12.4 Å². The molecule has 0 fully saturated rings. The predicted molar refractivity (Wildman–Crippen MR) is 40.6 cm³/mol. The first kappa shape index (κ1) is 10.5. The fourth-order valence-corrected chi connectivity index (χ4v) is 1.20. The van der Waals surface area contributed by atoms with Crippen molar-refractivity contribution in [2.75, 3.05) is 0 Å². The van der Waals surface area contributed by atoms with Gasteiger partial charge in [-0.1, -0.05) is 6.92 Å². The molecule has 0 aliphatic carbocycles. The van der Waals surface area contributed by atoms with Crippen LogP contribution in [0.5, 0.6) is 0 Å². The SMILES string of the molecule is CCCc1n(C)cc[n+]1C.[Cl-]. The van der Waals surface area contributed by atoms with Gasteiger partial charge < -0.3 is 12.4 Å². The Kier molecular flexibility index (Phi) is 4.19. The van der Waals surface area contributed by atoms with Crippen molar-refractivity contribution in [3.63, 3.8) is 0 Å².